The predicted octanol–water partition coefficient (Wildman–Crippen LogP) is 1.98. The predicted molar refractivity (Wildman–Crippen MR) is 109 cm³/mol. The van der Waals surface area contributed by atoms with Crippen molar-refractivity contribution < 1.29 is 14.3 Å². The van der Waals surface area contributed by atoms with E-state index in [1.165, 1.54) is 26.6 Å². The van der Waals surface area contributed by atoms with Gasteiger partial charge in [-0.05, 0) is 31.0 Å². The van der Waals surface area contributed by atoms with Crippen LogP contribution in [-0.4, -0.2) is 39.6 Å². The van der Waals surface area contributed by atoms with E-state index in [0.29, 0.717) is 47.2 Å². The summed E-state index contributed by atoms with van der Waals surface area (Å²) in [6.07, 6.45) is 4.40. The lowest BCUT2D eigenvalue weighted by Gasteiger charge is -2.27. The molecule has 1 amide bonds. The normalized spacial score (nSPS) is 15.2. The van der Waals surface area contributed by atoms with Crippen LogP contribution in [0.5, 0.6) is 11.5 Å². The maximum absolute atomic E-state index is 13.1. The summed E-state index contributed by atoms with van der Waals surface area (Å²) in [4.78, 5) is 38.5. The SMILES string of the molecule is COc1cccc(OC)c1C(=O)NC1CCCn2c1nc(-c1ccncn1)cc2=O. The van der Waals surface area contributed by atoms with Crippen LogP contribution >= 0.6 is 0 Å². The molecule has 0 saturated heterocycles. The van der Waals surface area contributed by atoms with Gasteiger partial charge in [0, 0.05) is 18.8 Å². The third-order valence-corrected chi connectivity index (χ3v) is 5.03. The van der Waals surface area contributed by atoms with E-state index in [9.17, 15) is 9.59 Å². The molecule has 1 N–H and O–H groups in total. The molecule has 9 heteroatoms. The molecule has 0 radical (unpaired) electrons. The monoisotopic (exact) mass is 407 g/mol. The number of fused-ring (bicyclic) bond motifs is 1. The molecule has 0 saturated carbocycles. The number of amides is 1. The average Bonchev–Trinajstić information content (AvgIpc) is 2.79. The number of methoxy groups -OCH3 is 2. The smallest absolute Gasteiger partial charge is 0.259 e. The van der Waals surface area contributed by atoms with Crippen LogP contribution < -0.4 is 20.3 Å². The highest BCUT2D eigenvalue weighted by atomic mass is 16.5. The number of rotatable bonds is 5. The van der Waals surface area contributed by atoms with Crippen LogP contribution in [0.2, 0.25) is 0 Å². The first-order chi connectivity index (χ1) is 14.6. The largest absolute Gasteiger partial charge is 0.496 e. The van der Waals surface area contributed by atoms with Crippen LogP contribution in [-0.2, 0) is 6.54 Å². The zero-order valence-corrected chi connectivity index (χ0v) is 16.7. The second-order valence-corrected chi connectivity index (χ2v) is 6.79. The summed E-state index contributed by atoms with van der Waals surface area (Å²) in [5, 5.41) is 2.99. The van der Waals surface area contributed by atoms with Crippen molar-refractivity contribution in [3.8, 4) is 22.9 Å². The van der Waals surface area contributed by atoms with E-state index in [2.05, 4.69) is 20.3 Å². The van der Waals surface area contributed by atoms with E-state index >= 15 is 0 Å². The van der Waals surface area contributed by atoms with Crippen LogP contribution in [0, 0.1) is 0 Å². The van der Waals surface area contributed by atoms with E-state index in [1.54, 1.807) is 35.0 Å². The summed E-state index contributed by atoms with van der Waals surface area (Å²) in [5.74, 6) is 0.958. The zero-order chi connectivity index (χ0) is 21.1. The van der Waals surface area contributed by atoms with Crippen LogP contribution in [0.3, 0.4) is 0 Å². The molecular weight excluding hydrogens is 386 g/mol. The van der Waals surface area contributed by atoms with Crippen molar-refractivity contribution in [1.82, 2.24) is 24.8 Å². The van der Waals surface area contributed by atoms with Gasteiger partial charge in [-0.3, -0.25) is 14.2 Å². The lowest BCUT2D eigenvalue weighted by atomic mass is 10.0. The molecule has 2 aromatic heterocycles. The van der Waals surface area contributed by atoms with Gasteiger partial charge in [-0.1, -0.05) is 6.07 Å². The zero-order valence-electron chi connectivity index (χ0n) is 16.7. The molecular formula is C21H21N5O4. The number of ether oxygens (including phenoxy) is 2. The lowest BCUT2D eigenvalue weighted by molar-refractivity contribution is 0.0921. The highest BCUT2D eigenvalue weighted by molar-refractivity contribution is 5.99. The van der Waals surface area contributed by atoms with E-state index in [1.807, 2.05) is 0 Å². The number of carbonyl (C=O) groups excluding carboxylic acids is 1. The molecule has 1 aliphatic rings. The van der Waals surface area contributed by atoms with E-state index < -0.39 is 6.04 Å². The van der Waals surface area contributed by atoms with Gasteiger partial charge in [-0.15, -0.1) is 0 Å². The molecule has 1 unspecified atom stereocenters. The molecule has 30 heavy (non-hydrogen) atoms. The summed E-state index contributed by atoms with van der Waals surface area (Å²) in [6, 6.07) is 7.85. The summed E-state index contributed by atoms with van der Waals surface area (Å²) in [7, 11) is 2.99. The fourth-order valence-corrected chi connectivity index (χ4v) is 3.61. The minimum Gasteiger partial charge on any atom is -0.496 e. The molecule has 3 heterocycles. The highest BCUT2D eigenvalue weighted by Gasteiger charge is 2.28. The molecule has 0 fully saturated rings. The first-order valence-corrected chi connectivity index (χ1v) is 9.52. The Morgan fingerprint density at radius 2 is 1.93 bits per heavy atom. The molecule has 154 valence electrons. The molecule has 1 atom stereocenters. The molecule has 1 aromatic carbocycles. The molecule has 1 aliphatic heterocycles. The van der Waals surface area contributed by atoms with Crippen molar-refractivity contribution in [2.24, 2.45) is 0 Å². The van der Waals surface area contributed by atoms with Gasteiger partial charge in [0.05, 0.1) is 31.6 Å². The minimum absolute atomic E-state index is 0.178. The Labute approximate surface area is 172 Å². The van der Waals surface area contributed by atoms with Gasteiger partial charge in [0.1, 0.15) is 29.2 Å². The van der Waals surface area contributed by atoms with Gasteiger partial charge >= 0.3 is 0 Å². The lowest BCUT2D eigenvalue weighted by Crippen LogP contribution is -2.38. The molecule has 4 rings (SSSR count). The van der Waals surface area contributed by atoms with E-state index in [-0.39, 0.29) is 11.5 Å². The number of aromatic nitrogens is 4. The van der Waals surface area contributed by atoms with E-state index in [4.69, 9.17) is 9.47 Å². The second-order valence-electron chi connectivity index (χ2n) is 6.79. The number of nitrogens with one attached hydrogen (secondary N) is 1. The minimum atomic E-state index is -0.435. The fourth-order valence-electron chi connectivity index (χ4n) is 3.61. The van der Waals surface area contributed by atoms with Crippen LogP contribution in [0.1, 0.15) is 35.1 Å². The molecule has 9 nitrogen and oxygen atoms in total. The summed E-state index contributed by atoms with van der Waals surface area (Å²) in [5.41, 5.74) is 1.12. The number of benzene rings is 1. The van der Waals surface area contributed by atoms with Crippen LogP contribution in [0.25, 0.3) is 11.4 Å². The van der Waals surface area contributed by atoms with Gasteiger partial charge in [0.2, 0.25) is 0 Å². The van der Waals surface area contributed by atoms with Gasteiger partial charge in [0.25, 0.3) is 11.5 Å². The number of nitrogens with zero attached hydrogens (tertiary/aromatic N) is 4. The van der Waals surface area contributed by atoms with Crippen molar-refractivity contribution in [2.75, 3.05) is 14.2 Å². The molecule has 0 bridgehead atoms. The van der Waals surface area contributed by atoms with Crippen molar-refractivity contribution in [2.45, 2.75) is 25.4 Å². The topological polar surface area (TPSA) is 108 Å². The van der Waals surface area contributed by atoms with Crippen LogP contribution in [0.4, 0.5) is 0 Å². The number of hydrogen-bond acceptors (Lipinski definition) is 7. The Morgan fingerprint density at radius 3 is 2.60 bits per heavy atom. The maximum Gasteiger partial charge on any atom is 0.259 e. The quantitative estimate of drug-likeness (QED) is 0.689. The van der Waals surface area contributed by atoms with Crippen molar-refractivity contribution in [3.63, 3.8) is 0 Å². The maximum atomic E-state index is 13.1. The Hall–Kier alpha value is -3.75. The fraction of sp³-hybridized carbons (Fsp3) is 0.286. The average molecular weight is 407 g/mol. The third kappa shape index (κ3) is 3.61. The Bertz CT molecular complexity index is 1110. The first kappa shape index (κ1) is 19.6. The Morgan fingerprint density at radius 1 is 1.17 bits per heavy atom. The summed E-state index contributed by atoms with van der Waals surface area (Å²) < 4.78 is 12.3. The molecule has 3 aromatic rings. The second kappa shape index (κ2) is 8.32. The van der Waals surface area contributed by atoms with Crippen LogP contribution in [0.15, 0.2) is 47.7 Å². The number of carbonyl (C=O) groups is 1. The van der Waals surface area contributed by atoms with Crippen molar-refractivity contribution in [1.29, 1.82) is 0 Å². The van der Waals surface area contributed by atoms with Gasteiger partial charge in [-0.2, -0.15) is 0 Å². The standard InChI is InChI=1S/C21H21N5O4/c1-29-16-6-3-7-17(30-2)19(16)21(28)25-14-5-4-10-26-18(27)11-15(24-20(14)26)13-8-9-22-12-23-13/h3,6-9,11-12,14H,4-5,10H2,1-2H3,(H,25,28). The third-order valence-electron chi connectivity index (χ3n) is 5.03. The molecule has 0 spiro atoms. The van der Waals surface area contributed by atoms with E-state index in [0.717, 1.165) is 6.42 Å². The summed E-state index contributed by atoms with van der Waals surface area (Å²) in [6.45, 7) is 0.551. The summed E-state index contributed by atoms with van der Waals surface area (Å²) >= 11 is 0. The van der Waals surface area contributed by atoms with Crippen molar-refractivity contribution >= 4 is 5.91 Å². The number of hydrogen-bond donors (Lipinski definition) is 1. The Balaban J connectivity index is 1.71. The molecule has 0 aliphatic carbocycles. The van der Waals surface area contributed by atoms with Crippen molar-refractivity contribution in [3.05, 3.63) is 64.6 Å². The van der Waals surface area contributed by atoms with Gasteiger partial charge in [0.15, 0.2) is 0 Å². The Kier molecular flexibility index (Phi) is 5.42. The van der Waals surface area contributed by atoms with Gasteiger partial charge < -0.3 is 14.8 Å². The van der Waals surface area contributed by atoms with Gasteiger partial charge in [-0.25, -0.2) is 15.0 Å². The highest BCUT2D eigenvalue weighted by Crippen LogP contribution is 2.30. The first-order valence-electron chi connectivity index (χ1n) is 9.52.